The van der Waals surface area contributed by atoms with Crippen molar-refractivity contribution in [3.05, 3.63) is 12.2 Å². The van der Waals surface area contributed by atoms with Gasteiger partial charge in [0.05, 0.1) is 13.2 Å². The van der Waals surface area contributed by atoms with Crippen molar-refractivity contribution in [2.45, 2.75) is 0 Å². The molecule has 0 radical (unpaired) electrons. The van der Waals surface area contributed by atoms with Crippen molar-refractivity contribution in [2.75, 3.05) is 32.9 Å². The molecule has 90 valence electrons. The Morgan fingerprint density at radius 3 is 2.50 bits per heavy atom. The van der Waals surface area contributed by atoms with Crippen LogP contribution in [-0.4, -0.2) is 49.7 Å². The number of rotatable bonds is 2. The minimum absolute atomic E-state index is 0.307. The summed E-state index contributed by atoms with van der Waals surface area (Å²) < 4.78 is 32.5. The van der Waals surface area contributed by atoms with Crippen LogP contribution in [0, 0.1) is 0 Å². The molecule has 0 aromatic heterocycles. The van der Waals surface area contributed by atoms with Gasteiger partial charge in [-0.2, -0.15) is 8.78 Å². The van der Waals surface area contributed by atoms with E-state index in [4.69, 9.17) is 4.74 Å². The van der Waals surface area contributed by atoms with E-state index in [0.717, 1.165) is 0 Å². The van der Waals surface area contributed by atoms with Crippen LogP contribution in [0.2, 0.25) is 0 Å². The molecule has 16 heavy (non-hydrogen) atoms. The number of halogens is 2. The van der Waals surface area contributed by atoms with Crippen LogP contribution in [0.15, 0.2) is 12.2 Å². The molecule has 5 nitrogen and oxygen atoms in total. The van der Waals surface area contributed by atoms with Crippen molar-refractivity contribution in [1.82, 2.24) is 4.90 Å². The summed E-state index contributed by atoms with van der Waals surface area (Å²) in [7, 11) is 0. The quantitative estimate of drug-likeness (QED) is 0.505. The third-order valence-electron chi connectivity index (χ3n) is 1.92. The topological polar surface area (TPSA) is 55.8 Å². The second kappa shape index (κ2) is 6.16. The molecular weight excluding hydrogens is 224 g/mol. The van der Waals surface area contributed by atoms with Gasteiger partial charge in [-0.05, 0) is 0 Å². The van der Waals surface area contributed by atoms with E-state index in [0.29, 0.717) is 32.4 Å². The molecule has 1 saturated heterocycles. The molecule has 1 amide bonds. The fraction of sp³-hybridized carbons (Fsp3) is 0.556. The van der Waals surface area contributed by atoms with E-state index in [2.05, 4.69) is 4.74 Å². The molecule has 0 aromatic rings. The Balaban J connectivity index is 2.35. The molecule has 7 heteroatoms. The zero-order chi connectivity index (χ0) is 12.0. The summed E-state index contributed by atoms with van der Waals surface area (Å²) in [5.41, 5.74) is 0. The Labute approximate surface area is 90.6 Å². The van der Waals surface area contributed by atoms with Gasteiger partial charge in [0.25, 0.3) is 6.08 Å². The lowest BCUT2D eigenvalue weighted by molar-refractivity contribution is -0.161. The largest absolute Gasteiger partial charge is 0.454 e. The van der Waals surface area contributed by atoms with Gasteiger partial charge < -0.3 is 14.4 Å². The first-order chi connectivity index (χ1) is 7.61. The van der Waals surface area contributed by atoms with E-state index in [1.807, 2.05) is 0 Å². The van der Waals surface area contributed by atoms with Crippen LogP contribution >= 0.6 is 0 Å². The van der Waals surface area contributed by atoms with Gasteiger partial charge in [-0.3, -0.25) is 4.79 Å². The summed E-state index contributed by atoms with van der Waals surface area (Å²) in [5.74, 6) is -1.95. The minimum Gasteiger partial charge on any atom is -0.454 e. The predicted octanol–water partition coefficient (Wildman–Crippen LogP) is 0.169. The van der Waals surface area contributed by atoms with E-state index in [-0.39, 0.29) is 0 Å². The summed E-state index contributed by atoms with van der Waals surface area (Å²) in [4.78, 5) is 23.7. The van der Waals surface area contributed by atoms with Crippen molar-refractivity contribution in [3.8, 4) is 0 Å². The van der Waals surface area contributed by atoms with Crippen LogP contribution in [0.3, 0.4) is 0 Å². The van der Waals surface area contributed by atoms with Crippen LogP contribution in [-0.2, 0) is 19.1 Å². The van der Waals surface area contributed by atoms with Gasteiger partial charge in [0, 0.05) is 19.2 Å². The van der Waals surface area contributed by atoms with Crippen molar-refractivity contribution in [2.24, 2.45) is 0 Å². The zero-order valence-corrected chi connectivity index (χ0v) is 8.45. The number of carbonyl (C=O) groups is 2. The maximum Gasteiger partial charge on any atom is 0.397 e. The maximum atomic E-state index is 11.6. The number of amides is 1. The molecule has 0 N–H and O–H groups in total. The molecule has 0 spiro atoms. The van der Waals surface area contributed by atoms with Gasteiger partial charge in [0.15, 0.2) is 0 Å². The Hall–Kier alpha value is -1.50. The van der Waals surface area contributed by atoms with Gasteiger partial charge in [0.1, 0.15) is 6.61 Å². The van der Waals surface area contributed by atoms with E-state index < -0.39 is 24.6 Å². The number of ether oxygens (including phenoxy) is 2. The van der Waals surface area contributed by atoms with E-state index in [1.54, 1.807) is 0 Å². The van der Waals surface area contributed by atoms with Gasteiger partial charge in [-0.15, -0.1) is 0 Å². The number of esters is 1. The lowest BCUT2D eigenvalue weighted by atomic mass is 10.4. The number of hydrogen-bond donors (Lipinski definition) is 0. The predicted molar refractivity (Wildman–Crippen MR) is 48.7 cm³/mol. The summed E-state index contributed by atoms with van der Waals surface area (Å²) >= 11 is 0. The average molecular weight is 235 g/mol. The van der Waals surface area contributed by atoms with Crippen LogP contribution in [0.25, 0.3) is 0 Å². The standard InChI is InChI=1S/C9H11F2NO4/c10-7(11)1-4-16-9(14)8(13)12-2-5-15-6-3-12/h1H,2-6H2. The molecule has 0 aromatic carbocycles. The lowest BCUT2D eigenvalue weighted by Gasteiger charge is -2.25. The third-order valence-corrected chi connectivity index (χ3v) is 1.92. The molecule has 0 atom stereocenters. The Morgan fingerprint density at radius 2 is 1.94 bits per heavy atom. The highest BCUT2D eigenvalue weighted by molar-refractivity contribution is 6.32. The summed E-state index contributed by atoms with van der Waals surface area (Å²) in [6, 6.07) is 0. The average Bonchev–Trinajstić information content (AvgIpc) is 2.28. The van der Waals surface area contributed by atoms with Crippen molar-refractivity contribution in [1.29, 1.82) is 0 Å². The highest BCUT2D eigenvalue weighted by Crippen LogP contribution is 2.00. The smallest absolute Gasteiger partial charge is 0.397 e. The lowest BCUT2D eigenvalue weighted by Crippen LogP contribution is -2.44. The Morgan fingerprint density at radius 1 is 1.31 bits per heavy atom. The molecule has 1 rings (SSSR count). The molecular formula is C9H11F2NO4. The Bertz CT molecular complexity index is 296. The maximum absolute atomic E-state index is 11.6. The monoisotopic (exact) mass is 235 g/mol. The van der Waals surface area contributed by atoms with Gasteiger partial charge in [-0.25, -0.2) is 4.79 Å². The molecule has 0 aliphatic carbocycles. The molecule has 1 heterocycles. The Kier molecular flexibility index (Phi) is 4.84. The molecule has 0 unspecified atom stereocenters. The van der Waals surface area contributed by atoms with E-state index in [9.17, 15) is 18.4 Å². The zero-order valence-electron chi connectivity index (χ0n) is 8.45. The number of hydrogen-bond acceptors (Lipinski definition) is 4. The highest BCUT2D eigenvalue weighted by atomic mass is 19.3. The van der Waals surface area contributed by atoms with Crippen LogP contribution in [0.5, 0.6) is 0 Å². The fourth-order valence-corrected chi connectivity index (χ4v) is 1.14. The van der Waals surface area contributed by atoms with Crippen LogP contribution < -0.4 is 0 Å². The van der Waals surface area contributed by atoms with Gasteiger partial charge in [0.2, 0.25) is 0 Å². The number of nitrogens with zero attached hydrogens (tertiary/aromatic N) is 1. The third kappa shape index (κ3) is 3.93. The van der Waals surface area contributed by atoms with E-state index in [1.165, 1.54) is 4.90 Å². The summed E-state index contributed by atoms with van der Waals surface area (Å²) in [6.07, 6.45) is -1.53. The minimum atomic E-state index is -1.95. The first-order valence-corrected chi connectivity index (χ1v) is 4.66. The second-order valence-electron chi connectivity index (χ2n) is 3.00. The van der Waals surface area contributed by atoms with Crippen molar-refractivity contribution in [3.63, 3.8) is 0 Å². The van der Waals surface area contributed by atoms with Gasteiger partial charge >= 0.3 is 11.9 Å². The van der Waals surface area contributed by atoms with Crippen molar-refractivity contribution >= 4 is 11.9 Å². The first kappa shape index (κ1) is 12.6. The summed E-state index contributed by atoms with van der Waals surface area (Å²) in [5, 5.41) is 0. The molecule has 0 bridgehead atoms. The number of morpholine rings is 1. The summed E-state index contributed by atoms with van der Waals surface area (Å²) in [6.45, 7) is 0.732. The first-order valence-electron chi connectivity index (χ1n) is 4.66. The van der Waals surface area contributed by atoms with Crippen molar-refractivity contribution < 1.29 is 27.8 Å². The highest BCUT2D eigenvalue weighted by Gasteiger charge is 2.24. The normalized spacial score (nSPS) is 15.5. The van der Waals surface area contributed by atoms with E-state index >= 15 is 0 Å². The number of carbonyl (C=O) groups excluding carboxylic acids is 2. The van der Waals surface area contributed by atoms with Crippen LogP contribution in [0.1, 0.15) is 0 Å². The fourth-order valence-electron chi connectivity index (χ4n) is 1.14. The molecule has 1 aliphatic rings. The molecule has 0 saturated carbocycles. The van der Waals surface area contributed by atoms with Crippen LogP contribution in [0.4, 0.5) is 8.78 Å². The molecule has 1 aliphatic heterocycles. The second-order valence-corrected chi connectivity index (χ2v) is 3.00. The SMILES string of the molecule is O=C(OCC=C(F)F)C(=O)N1CCOCC1. The van der Waals surface area contributed by atoms with Gasteiger partial charge in [-0.1, -0.05) is 0 Å². The molecule has 1 fully saturated rings.